The summed E-state index contributed by atoms with van der Waals surface area (Å²) < 4.78 is 5.87. The van der Waals surface area contributed by atoms with E-state index < -0.39 is 0 Å². The van der Waals surface area contributed by atoms with Gasteiger partial charge in [0.2, 0.25) is 0 Å². The van der Waals surface area contributed by atoms with Crippen LogP contribution in [0.15, 0.2) is 30.3 Å². The molecule has 0 aliphatic heterocycles. The van der Waals surface area contributed by atoms with E-state index in [1.807, 2.05) is 6.07 Å². The molecule has 1 fully saturated rings. The van der Waals surface area contributed by atoms with Crippen molar-refractivity contribution in [1.82, 2.24) is 0 Å². The van der Waals surface area contributed by atoms with Gasteiger partial charge in [-0.3, -0.25) is 0 Å². The molecular formula is C14H21NO. The fraction of sp³-hybridized carbons (Fsp3) is 0.571. The van der Waals surface area contributed by atoms with Crippen LogP contribution in [0.5, 0.6) is 0 Å². The van der Waals surface area contributed by atoms with E-state index in [0.29, 0.717) is 0 Å². The molecule has 2 N–H and O–H groups in total. The summed E-state index contributed by atoms with van der Waals surface area (Å²) >= 11 is 0. The Labute approximate surface area is 97.8 Å². The van der Waals surface area contributed by atoms with Crippen molar-refractivity contribution < 1.29 is 4.74 Å². The Morgan fingerprint density at radius 3 is 2.62 bits per heavy atom. The predicted octanol–water partition coefficient (Wildman–Crippen LogP) is 2.52. The van der Waals surface area contributed by atoms with Gasteiger partial charge in [-0.1, -0.05) is 43.2 Å². The summed E-state index contributed by atoms with van der Waals surface area (Å²) in [5, 5.41) is 0. The van der Waals surface area contributed by atoms with Crippen LogP contribution >= 0.6 is 0 Å². The number of hydrogen-bond donors (Lipinski definition) is 1. The summed E-state index contributed by atoms with van der Waals surface area (Å²) in [5.74, 6) is 0. The van der Waals surface area contributed by atoms with Crippen molar-refractivity contribution in [3.8, 4) is 0 Å². The summed E-state index contributed by atoms with van der Waals surface area (Å²) in [6, 6.07) is 10.7. The van der Waals surface area contributed by atoms with Crippen LogP contribution in [0.1, 0.15) is 31.2 Å². The summed E-state index contributed by atoms with van der Waals surface area (Å²) in [7, 11) is 0. The molecule has 16 heavy (non-hydrogen) atoms. The predicted molar refractivity (Wildman–Crippen MR) is 66.3 cm³/mol. The molecule has 0 unspecified atom stereocenters. The molecule has 1 aromatic carbocycles. The highest BCUT2D eigenvalue weighted by molar-refractivity contribution is 5.14. The van der Waals surface area contributed by atoms with Gasteiger partial charge in [-0.15, -0.1) is 0 Å². The third-order valence-electron chi connectivity index (χ3n) is 3.32. The standard InChI is InChI=1S/C14H21NO/c15-13-8-4-5-9-14(13)16-11-10-12-6-2-1-3-7-12/h1-3,6-7,13-14H,4-5,8-11,15H2/t13-,14+/m1/s1. The minimum atomic E-state index is 0.254. The molecule has 1 aromatic rings. The summed E-state index contributed by atoms with van der Waals surface area (Å²) in [6.45, 7) is 0.794. The zero-order valence-corrected chi connectivity index (χ0v) is 9.77. The fourth-order valence-corrected chi connectivity index (χ4v) is 2.31. The minimum Gasteiger partial charge on any atom is -0.376 e. The Morgan fingerprint density at radius 2 is 1.88 bits per heavy atom. The maximum absolute atomic E-state index is 6.03. The minimum absolute atomic E-state index is 0.254. The van der Waals surface area contributed by atoms with Gasteiger partial charge in [0.15, 0.2) is 0 Å². The third kappa shape index (κ3) is 3.32. The normalized spacial score (nSPS) is 25.6. The molecule has 0 spiro atoms. The van der Waals surface area contributed by atoms with Gasteiger partial charge in [0.25, 0.3) is 0 Å². The van der Waals surface area contributed by atoms with Crippen LogP contribution in [-0.2, 0) is 11.2 Å². The molecule has 88 valence electrons. The van der Waals surface area contributed by atoms with E-state index in [2.05, 4.69) is 24.3 Å². The van der Waals surface area contributed by atoms with Gasteiger partial charge in [-0.2, -0.15) is 0 Å². The van der Waals surface area contributed by atoms with Gasteiger partial charge >= 0.3 is 0 Å². The number of hydrogen-bond acceptors (Lipinski definition) is 2. The average molecular weight is 219 g/mol. The van der Waals surface area contributed by atoms with Crippen molar-refractivity contribution in [2.75, 3.05) is 6.61 Å². The molecule has 2 atom stereocenters. The largest absolute Gasteiger partial charge is 0.376 e. The highest BCUT2D eigenvalue weighted by Gasteiger charge is 2.21. The first-order valence-corrected chi connectivity index (χ1v) is 6.27. The maximum Gasteiger partial charge on any atom is 0.0726 e. The van der Waals surface area contributed by atoms with Gasteiger partial charge in [0.05, 0.1) is 12.7 Å². The second kappa shape index (κ2) is 6.02. The number of rotatable bonds is 4. The lowest BCUT2D eigenvalue weighted by Crippen LogP contribution is -2.39. The topological polar surface area (TPSA) is 35.2 Å². The smallest absolute Gasteiger partial charge is 0.0726 e. The number of nitrogens with two attached hydrogens (primary N) is 1. The zero-order chi connectivity index (χ0) is 11.2. The SMILES string of the molecule is N[C@@H]1CCCC[C@@H]1OCCc1ccccc1. The van der Waals surface area contributed by atoms with Gasteiger partial charge in [0, 0.05) is 6.04 Å². The third-order valence-corrected chi connectivity index (χ3v) is 3.32. The van der Waals surface area contributed by atoms with Crippen molar-refractivity contribution in [1.29, 1.82) is 0 Å². The first kappa shape index (κ1) is 11.6. The van der Waals surface area contributed by atoms with E-state index in [9.17, 15) is 0 Å². The van der Waals surface area contributed by atoms with E-state index in [-0.39, 0.29) is 12.1 Å². The Morgan fingerprint density at radius 1 is 1.12 bits per heavy atom. The van der Waals surface area contributed by atoms with Gasteiger partial charge in [-0.05, 0) is 24.8 Å². The fourth-order valence-electron chi connectivity index (χ4n) is 2.31. The first-order valence-electron chi connectivity index (χ1n) is 6.27. The van der Waals surface area contributed by atoms with Crippen LogP contribution < -0.4 is 5.73 Å². The molecule has 0 saturated heterocycles. The molecule has 1 aliphatic rings. The Bertz CT molecular complexity index is 299. The molecule has 1 saturated carbocycles. The van der Waals surface area contributed by atoms with Crippen molar-refractivity contribution in [2.45, 2.75) is 44.2 Å². The summed E-state index contributed by atoms with van der Waals surface area (Å²) in [5.41, 5.74) is 7.37. The van der Waals surface area contributed by atoms with Gasteiger partial charge in [0.1, 0.15) is 0 Å². The lowest BCUT2D eigenvalue weighted by atomic mass is 9.93. The van der Waals surface area contributed by atoms with E-state index in [0.717, 1.165) is 25.9 Å². The average Bonchev–Trinajstić information content (AvgIpc) is 2.33. The van der Waals surface area contributed by atoms with Crippen LogP contribution in [0.2, 0.25) is 0 Å². The first-order chi connectivity index (χ1) is 7.86. The van der Waals surface area contributed by atoms with Crippen LogP contribution in [0.4, 0.5) is 0 Å². The van der Waals surface area contributed by atoms with Crippen molar-refractivity contribution in [3.63, 3.8) is 0 Å². The molecule has 1 aliphatic carbocycles. The van der Waals surface area contributed by atoms with Gasteiger partial charge in [-0.25, -0.2) is 0 Å². The van der Waals surface area contributed by atoms with Crippen molar-refractivity contribution >= 4 is 0 Å². The summed E-state index contributed by atoms with van der Waals surface area (Å²) in [4.78, 5) is 0. The maximum atomic E-state index is 6.03. The second-order valence-corrected chi connectivity index (χ2v) is 4.59. The number of ether oxygens (including phenoxy) is 1. The van der Waals surface area contributed by atoms with Crippen LogP contribution in [-0.4, -0.2) is 18.8 Å². The van der Waals surface area contributed by atoms with Crippen LogP contribution in [0.25, 0.3) is 0 Å². The lowest BCUT2D eigenvalue weighted by molar-refractivity contribution is 0.0169. The molecule has 2 nitrogen and oxygen atoms in total. The van der Waals surface area contributed by atoms with E-state index in [1.54, 1.807) is 0 Å². The zero-order valence-electron chi connectivity index (χ0n) is 9.77. The molecule has 0 amide bonds. The Balaban J connectivity index is 1.71. The summed E-state index contributed by atoms with van der Waals surface area (Å²) in [6.07, 6.45) is 6.07. The number of benzene rings is 1. The van der Waals surface area contributed by atoms with Crippen LogP contribution in [0, 0.1) is 0 Å². The molecule has 0 bridgehead atoms. The Kier molecular flexibility index (Phi) is 4.37. The lowest BCUT2D eigenvalue weighted by Gasteiger charge is -2.28. The quantitative estimate of drug-likeness (QED) is 0.844. The van der Waals surface area contributed by atoms with Crippen molar-refractivity contribution in [2.24, 2.45) is 5.73 Å². The Hall–Kier alpha value is -0.860. The highest BCUT2D eigenvalue weighted by atomic mass is 16.5. The van der Waals surface area contributed by atoms with E-state index >= 15 is 0 Å². The molecule has 0 radical (unpaired) electrons. The molecule has 0 aromatic heterocycles. The van der Waals surface area contributed by atoms with Crippen molar-refractivity contribution in [3.05, 3.63) is 35.9 Å². The second-order valence-electron chi connectivity index (χ2n) is 4.59. The van der Waals surface area contributed by atoms with E-state index in [1.165, 1.54) is 18.4 Å². The molecule has 0 heterocycles. The van der Waals surface area contributed by atoms with Gasteiger partial charge < -0.3 is 10.5 Å². The highest BCUT2D eigenvalue weighted by Crippen LogP contribution is 2.19. The van der Waals surface area contributed by atoms with Crippen LogP contribution in [0.3, 0.4) is 0 Å². The molecule has 2 rings (SSSR count). The van der Waals surface area contributed by atoms with E-state index in [4.69, 9.17) is 10.5 Å². The molecular weight excluding hydrogens is 198 g/mol. The molecule has 2 heteroatoms. The monoisotopic (exact) mass is 219 g/mol.